The molecule has 0 aliphatic carbocycles. The first-order valence-corrected chi connectivity index (χ1v) is 4.94. The highest BCUT2D eigenvalue weighted by atomic mass is 16.9. The molecule has 90 valence electrons. The Balaban J connectivity index is 1.71. The Kier molecular flexibility index (Phi) is 6.82. The fourth-order valence-electron chi connectivity index (χ4n) is 0.981. The third-order valence-electron chi connectivity index (χ3n) is 1.76. The molecule has 1 saturated heterocycles. The lowest BCUT2D eigenvalue weighted by Crippen LogP contribution is -2.12. The van der Waals surface area contributed by atoms with E-state index in [1.54, 1.807) is 7.11 Å². The van der Waals surface area contributed by atoms with Crippen molar-refractivity contribution in [3.8, 4) is 0 Å². The summed E-state index contributed by atoms with van der Waals surface area (Å²) in [6.45, 7) is 2.36. The quantitative estimate of drug-likeness (QED) is 0.391. The molecule has 6 heteroatoms. The van der Waals surface area contributed by atoms with Crippen LogP contribution >= 0.6 is 0 Å². The zero-order valence-corrected chi connectivity index (χ0v) is 8.89. The molecule has 0 amide bonds. The largest absolute Gasteiger partial charge is 0.394 e. The molecule has 0 aromatic carbocycles. The summed E-state index contributed by atoms with van der Waals surface area (Å²) in [7, 11) is 1.57. The number of aliphatic hydroxyl groups excluding tert-OH is 1. The van der Waals surface area contributed by atoms with E-state index in [-0.39, 0.29) is 19.2 Å². The van der Waals surface area contributed by atoms with Crippen LogP contribution in [0.2, 0.25) is 0 Å². The number of hydrogen-bond acceptors (Lipinski definition) is 6. The highest BCUT2D eigenvalue weighted by molar-refractivity contribution is 4.64. The monoisotopic (exact) mass is 222 g/mol. The van der Waals surface area contributed by atoms with Crippen LogP contribution in [-0.4, -0.2) is 64.4 Å². The Labute approximate surface area is 89.0 Å². The van der Waals surface area contributed by atoms with Gasteiger partial charge in [-0.1, -0.05) is 0 Å². The number of rotatable bonds is 10. The number of hydrogen-bond donors (Lipinski definition) is 1. The summed E-state index contributed by atoms with van der Waals surface area (Å²) in [6.07, 6.45) is -0.442. The van der Waals surface area contributed by atoms with Crippen molar-refractivity contribution >= 4 is 0 Å². The minimum absolute atomic E-state index is 0.0422. The molecule has 2 atom stereocenters. The van der Waals surface area contributed by atoms with E-state index < -0.39 is 0 Å². The topological polar surface area (TPSA) is 69.7 Å². The van der Waals surface area contributed by atoms with Gasteiger partial charge in [0.1, 0.15) is 0 Å². The van der Waals surface area contributed by atoms with Gasteiger partial charge in [-0.05, 0) is 0 Å². The Morgan fingerprint density at radius 3 is 2.27 bits per heavy atom. The maximum Gasteiger partial charge on any atom is 0.212 e. The standard InChI is InChI=1S/C9H18O6/c1-11-8-9(15-8)14-7-6-13-5-4-12-3-2-10/h8-10H,2-7H2,1H3. The Morgan fingerprint density at radius 2 is 1.67 bits per heavy atom. The van der Waals surface area contributed by atoms with Crippen LogP contribution in [-0.2, 0) is 23.7 Å². The molecule has 1 fully saturated rings. The lowest BCUT2D eigenvalue weighted by atomic mass is 10.7. The number of ether oxygens (including phenoxy) is 5. The van der Waals surface area contributed by atoms with Gasteiger partial charge in [0.25, 0.3) is 0 Å². The van der Waals surface area contributed by atoms with E-state index in [4.69, 9.17) is 28.8 Å². The maximum atomic E-state index is 8.41. The normalized spacial score (nSPS) is 24.4. The van der Waals surface area contributed by atoms with E-state index in [0.29, 0.717) is 33.0 Å². The van der Waals surface area contributed by atoms with Gasteiger partial charge in [-0.15, -0.1) is 0 Å². The zero-order valence-electron chi connectivity index (χ0n) is 8.89. The van der Waals surface area contributed by atoms with E-state index >= 15 is 0 Å². The highest BCUT2D eigenvalue weighted by Crippen LogP contribution is 2.22. The van der Waals surface area contributed by atoms with Crippen molar-refractivity contribution in [1.82, 2.24) is 0 Å². The molecule has 2 unspecified atom stereocenters. The molecular weight excluding hydrogens is 204 g/mol. The second-order valence-corrected chi connectivity index (χ2v) is 2.93. The van der Waals surface area contributed by atoms with Crippen LogP contribution in [0.5, 0.6) is 0 Å². The molecule has 1 aliphatic heterocycles. The van der Waals surface area contributed by atoms with E-state index in [9.17, 15) is 0 Å². The third-order valence-corrected chi connectivity index (χ3v) is 1.76. The highest BCUT2D eigenvalue weighted by Gasteiger charge is 2.40. The van der Waals surface area contributed by atoms with Crippen molar-refractivity contribution < 1.29 is 28.8 Å². The molecule has 1 N–H and O–H groups in total. The number of epoxide rings is 1. The summed E-state index contributed by atoms with van der Waals surface area (Å²) in [6, 6.07) is 0. The van der Waals surface area contributed by atoms with E-state index in [1.807, 2.05) is 0 Å². The predicted molar refractivity (Wildman–Crippen MR) is 50.3 cm³/mol. The van der Waals surface area contributed by atoms with Gasteiger partial charge in [0.05, 0.1) is 39.6 Å². The van der Waals surface area contributed by atoms with Crippen LogP contribution in [0.15, 0.2) is 0 Å². The van der Waals surface area contributed by atoms with Gasteiger partial charge in [-0.25, -0.2) is 0 Å². The van der Waals surface area contributed by atoms with Crippen molar-refractivity contribution in [3.05, 3.63) is 0 Å². The van der Waals surface area contributed by atoms with E-state index in [2.05, 4.69) is 0 Å². The van der Waals surface area contributed by atoms with Crippen molar-refractivity contribution in [1.29, 1.82) is 0 Å². The summed E-state index contributed by atoms with van der Waals surface area (Å²) in [5.41, 5.74) is 0. The Bertz CT molecular complexity index is 154. The maximum absolute atomic E-state index is 8.41. The van der Waals surface area contributed by atoms with Gasteiger partial charge < -0.3 is 28.8 Å². The van der Waals surface area contributed by atoms with Gasteiger partial charge in [-0.3, -0.25) is 0 Å². The summed E-state index contributed by atoms with van der Waals surface area (Å²) < 4.78 is 25.3. The number of methoxy groups -OCH3 is 1. The molecule has 15 heavy (non-hydrogen) atoms. The first-order valence-electron chi connectivity index (χ1n) is 4.94. The molecule has 0 bridgehead atoms. The molecular formula is C9H18O6. The summed E-state index contributed by atoms with van der Waals surface area (Å²) >= 11 is 0. The molecule has 0 aromatic rings. The molecule has 1 heterocycles. The smallest absolute Gasteiger partial charge is 0.212 e. The van der Waals surface area contributed by atoms with Crippen LogP contribution in [0.25, 0.3) is 0 Å². The van der Waals surface area contributed by atoms with E-state index in [0.717, 1.165) is 0 Å². The van der Waals surface area contributed by atoms with Crippen molar-refractivity contribution in [2.75, 3.05) is 46.8 Å². The van der Waals surface area contributed by atoms with Crippen LogP contribution in [0.3, 0.4) is 0 Å². The van der Waals surface area contributed by atoms with Crippen molar-refractivity contribution in [2.45, 2.75) is 12.6 Å². The van der Waals surface area contributed by atoms with Gasteiger partial charge in [0.15, 0.2) is 0 Å². The van der Waals surface area contributed by atoms with Crippen molar-refractivity contribution in [3.63, 3.8) is 0 Å². The fraction of sp³-hybridized carbons (Fsp3) is 1.00. The molecule has 6 nitrogen and oxygen atoms in total. The molecule has 1 aliphatic rings. The Hall–Kier alpha value is -0.240. The van der Waals surface area contributed by atoms with E-state index in [1.165, 1.54) is 0 Å². The first kappa shape index (κ1) is 12.8. The predicted octanol–water partition coefficient (Wildman–Crippen LogP) is -0.643. The van der Waals surface area contributed by atoms with Crippen LogP contribution < -0.4 is 0 Å². The lowest BCUT2D eigenvalue weighted by molar-refractivity contribution is -0.0148. The third kappa shape index (κ3) is 6.03. The first-order chi connectivity index (χ1) is 7.38. The van der Waals surface area contributed by atoms with Gasteiger partial charge in [0.2, 0.25) is 12.6 Å². The average molecular weight is 222 g/mol. The lowest BCUT2D eigenvalue weighted by Gasteiger charge is -2.04. The molecule has 1 rings (SSSR count). The SMILES string of the molecule is COC1OC1OCCOCCOCCO. The summed E-state index contributed by atoms with van der Waals surface area (Å²) in [5, 5.41) is 8.41. The summed E-state index contributed by atoms with van der Waals surface area (Å²) in [5.74, 6) is 0. The minimum Gasteiger partial charge on any atom is -0.394 e. The molecule has 0 aromatic heterocycles. The molecule has 0 spiro atoms. The van der Waals surface area contributed by atoms with Gasteiger partial charge >= 0.3 is 0 Å². The van der Waals surface area contributed by atoms with Gasteiger partial charge in [0, 0.05) is 7.11 Å². The fourth-order valence-corrected chi connectivity index (χ4v) is 0.981. The average Bonchev–Trinajstić information content (AvgIpc) is 3.01. The Morgan fingerprint density at radius 1 is 1.00 bits per heavy atom. The van der Waals surface area contributed by atoms with Gasteiger partial charge in [-0.2, -0.15) is 0 Å². The van der Waals surface area contributed by atoms with Crippen LogP contribution in [0.1, 0.15) is 0 Å². The molecule has 0 saturated carbocycles. The van der Waals surface area contributed by atoms with Crippen LogP contribution in [0, 0.1) is 0 Å². The zero-order chi connectivity index (χ0) is 10.9. The second kappa shape index (κ2) is 7.98. The van der Waals surface area contributed by atoms with Crippen molar-refractivity contribution in [2.24, 2.45) is 0 Å². The molecule has 0 radical (unpaired) electrons. The number of aliphatic hydroxyl groups is 1. The summed E-state index contributed by atoms with van der Waals surface area (Å²) in [4.78, 5) is 0. The second-order valence-electron chi connectivity index (χ2n) is 2.93. The van der Waals surface area contributed by atoms with Crippen LogP contribution in [0.4, 0.5) is 0 Å². The minimum atomic E-state index is -0.232.